The summed E-state index contributed by atoms with van der Waals surface area (Å²) in [5, 5.41) is 0. The van der Waals surface area contributed by atoms with E-state index in [-0.39, 0.29) is 6.10 Å². The van der Waals surface area contributed by atoms with Crippen molar-refractivity contribution >= 4 is 11.3 Å². The molecular formula is C22H28N2O. The van der Waals surface area contributed by atoms with E-state index >= 15 is 0 Å². The highest BCUT2D eigenvalue weighted by molar-refractivity contribution is 6.23. The first-order valence-electron chi connectivity index (χ1n) is 9.35. The Kier molecular flexibility index (Phi) is 5.94. The number of hydrogen-bond donors (Lipinski definition) is 1. The van der Waals surface area contributed by atoms with Crippen molar-refractivity contribution in [1.82, 2.24) is 0 Å². The number of aryl methyl sites for hydroxylation is 1. The van der Waals surface area contributed by atoms with Crippen LogP contribution in [-0.2, 0) is 4.74 Å². The molecule has 25 heavy (non-hydrogen) atoms. The van der Waals surface area contributed by atoms with E-state index in [1.165, 1.54) is 31.2 Å². The molecule has 2 aliphatic rings. The second-order valence-corrected chi connectivity index (χ2v) is 7.07. The van der Waals surface area contributed by atoms with E-state index in [4.69, 9.17) is 15.5 Å². The van der Waals surface area contributed by atoms with Crippen LogP contribution in [-0.4, -0.2) is 25.0 Å². The van der Waals surface area contributed by atoms with Crippen molar-refractivity contribution in [2.45, 2.75) is 52.1 Å². The van der Waals surface area contributed by atoms with Gasteiger partial charge < -0.3 is 10.5 Å². The van der Waals surface area contributed by atoms with E-state index in [1.807, 2.05) is 6.92 Å². The van der Waals surface area contributed by atoms with E-state index < -0.39 is 0 Å². The Morgan fingerprint density at radius 2 is 2.16 bits per heavy atom. The van der Waals surface area contributed by atoms with Crippen molar-refractivity contribution in [1.29, 1.82) is 0 Å². The third-order valence-electron chi connectivity index (χ3n) is 4.88. The summed E-state index contributed by atoms with van der Waals surface area (Å²) < 4.78 is 5.77. The van der Waals surface area contributed by atoms with Gasteiger partial charge in [-0.05, 0) is 69.2 Å². The van der Waals surface area contributed by atoms with Crippen LogP contribution < -0.4 is 5.73 Å². The minimum atomic E-state index is 0.254. The standard InChI is InChI=1S/C22H28N2O/c1-16-13-19(9-8-18-6-7-18)10-11-21(16)22(14-23)17(2)24-15-20-5-3-4-12-25-20/h10-11,13-14,18,20H,3-7,12,15,23H2,1-2H3/b22-14+,24-17?. The largest absolute Gasteiger partial charge is 0.404 e. The summed E-state index contributed by atoms with van der Waals surface area (Å²) in [6, 6.07) is 6.34. The molecule has 3 nitrogen and oxygen atoms in total. The summed E-state index contributed by atoms with van der Waals surface area (Å²) >= 11 is 0. The van der Waals surface area contributed by atoms with Crippen molar-refractivity contribution in [2.24, 2.45) is 16.6 Å². The van der Waals surface area contributed by atoms with Crippen LogP contribution in [0.2, 0.25) is 0 Å². The molecule has 1 aromatic rings. The molecule has 3 heteroatoms. The van der Waals surface area contributed by atoms with Crippen LogP contribution in [0.15, 0.2) is 29.4 Å². The topological polar surface area (TPSA) is 47.6 Å². The lowest BCUT2D eigenvalue weighted by molar-refractivity contribution is 0.0225. The Bertz CT molecular complexity index is 726. The monoisotopic (exact) mass is 336 g/mol. The summed E-state index contributed by atoms with van der Waals surface area (Å²) in [6.07, 6.45) is 7.94. The Morgan fingerprint density at radius 1 is 1.32 bits per heavy atom. The third-order valence-corrected chi connectivity index (χ3v) is 4.88. The predicted octanol–water partition coefficient (Wildman–Crippen LogP) is 4.09. The third kappa shape index (κ3) is 4.96. The van der Waals surface area contributed by atoms with Crippen LogP contribution in [0.1, 0.15) is 55.7 Å². The number of ether oxygens (including phenoxy) is 1. The highest BCUT2D eigenvalue weighted by Gasteiger charge is 2.18. The molecule has 2 fully saturated rings. The van der Waals surface area contributed by atoms with Gasteiger partial charge in [0.1, 0.15) is 0 Å². The van der Waals surface area contributed by atoms with Gasteiger partial charge in [0.25, 0.3) is 0 Å². The van der Waals surface area contributed by atoms with Crippen LogP contribution in [0.3, 0.4) is 0 Å². The summed E-state index contributed by atoms with van der Waals surface area (Å²) in [5.41, 5.74) is 11.3. The number of nitrogens with zero attached hydrogens (tertiary/aromatic N) is 1. The van der Waals surface area contributed by atoms with Crippen LogP contribution in [0.5, 0.6) is 0 Å². The zero-order valence-corrected chi connectivity index (χ0v) is 15.3. The van der Waals surface area contributed by atoms with Gasteiger partial charge in [-0.2, -0.15) is 0 Å². The van der Waals surface area contributed by atoms with Crippen molar-refractivity contribution in [3.63, 3.8) is 0 Å². The van der Waals surface area contributed by atoms with Crippen LogP contribution in [0.4, 0.5) is 0 Å². The minimum absolute atomic E-state index is 0.254. The second kappa shape index (κ2) is 8.36. The summed E-state index contributed by atoms with van der Waals surface area (Å²) in [5.74, 6) is 7.22. The Balaban J connectivity index is 1.72. The summed E-state index contributed by atoms with van der Waals surface area (Å²) in [6.45, 7) is 5.72. The Hall–Kier alpha value is -2.05. The van der Waals surface area contributed by atoms with Gasteiger partial charge in [-0.15, -0.1) is 0 Å². The predicted molar refractivity (Wildman–Crippen MR) is 105 cm³/mol. The molecule has 132 valence electrons. The number of rotatable bonds is 4. The molecule has 0 radical (unpaired) electrons. The van der Waals surface area contributed by atoms with Gasteiger partial charge in [-0.1, -0.05) is 17.9 Å². The zero-order valence-electron chi connectivity index (χ0n) is 15.3. The molecule has 1 aliphatic heterocycles. The number of allylic oxidation sites excluding steroid dienone is 1. The number of nitrogens with two attached hydrogens (primary N) is 1. The lowest BCUT2D eigenvalue weighted by Gasteiger charge is -2.21. The summed E-state index contributed by atoms with van der Waals surface area (Å²) in [4.78, 5) is 4.74. The number of benzene rings is 1. The lowest BCUT2D eigenvalue weighted by atomic mass is 9.96. The first-order valence-corrected chi connectivity index (χ1v) is 9.35. The molecule has 0 bridgehead atoms. The fraction of sp³-hybridized carbons (Fsp3) is 0.500. The summed E-state index contributed by atoms with van der Waals surface area (Å²) in [7, 11) is 0. The molecule has 1 heterocycles. The maximum absolute atomic E-state index is 5.93. The molecule has 1 saturated carbocycles. The molecule has 1 aromatic carbocycles. The molecule has 0 aromatic heterocycles. The first-order chi connectivity index (χ1) is 12.2. The quantitative estimate of drug-likeness (QED) is 0.665. The minimum Gasteiger partial charge on any atom is -0.404 e. The van der Waals surface area contributed by atoms with Crippen molar-refractivity contribution < 1.29 is 4.74 Å². The van der Waals surface area contributed by atoms with Gasteiger partial charge in [-0.25, -0.2) is 0 Å². The van der Waals surface area contributed by atoms with E-state index in [9.17, 15) is 0 Å². The Morgan fingerprint density at radius 3 is 2.80 bits per heavy atom. The molecule has 1 atom stereocenters. The smallest absolute Gasteiger partial charge is 0.0770 e. The van der Waals surface area contributed by atoms with E-state index in [0.29, 0.717) is 12.5 Å². The molecule has 1 aliphatic carbocycles. The molecule has 1 unspecified atom stereocenters. The van der Waals surface area contributed by atoms with Gasteiger partial charge in [0.2, 0.25) is 0 Å². The van der Waals surface area contributed by atoms with E-state index in [2.05, 4.69) is 37.0 Å². The molecule has 2 N–H and O–H groups in total. The lowest BCUT2D eigenvalue weighted by Crippen LogP contribution is -2.22. The van der Waals surface area contributed by atoms with Gasteiger partial charge in [0.05, 0.1) is 12.6 Å². The fourth-order valence-corrected chi connectivity index (χ4v) is 3.14. The van der Waals surface area contributed by atoms with Crippen LogP contribution in [0.25, 0.3) is 5.57 Å². The maximum Gasteiger partial charge on any atom is 0.0770 e. The maximum atomic E-state index is 5.93. The normalized spacial score (nSPS) is 21.6. The fourth-order valence-electron chi connectivity index (χ4n) is 3.14. The molecule has 1 saturated heterocycles. The van der Waals surface area contributed by atoms with Gasteiger partial charge >= 0.3 is 0 Å². The number of aliphatic imine (C=N–C) groups is 1. The number of hydrogen-bond acceptors (Lipinski definition) is 3. The highest BCUT2D eigenvalue weighted by atomic mass is 16.5. The average molecular weight is 336 g/mol. The Labute approximate surface area is 151 Å². The van der Waals surface area contributed by atoms with Gasteiger partial charge in [0, 0.05) is 35.6 Å². The SMILES string of the molecule is CC(=NCC1CCCCO1)/C(=C\N)c1ccc(C#CC2CC2)cc1C. The van der Waals surface area contributed by atoms with Crippen molar-refractivity contribution in [3.05, 3.63) is 41.1 Å². The van der Waals surface area contributed by atoms with E-state index in [0.717, 1.165) is 35.4 Å². The average Bonchev–Trinajstić information content (AvgIpc) is 3.46. The van der Waals surface area contributed by atoms with Gasteiger partial charge in [-0.3, -0.25) is 4.99 Å². The second-order valence-electron chi connectivity index (χ2n) is 7.07. The first kappa shape index (κ1) is 17.8. The van der Waals surface area contributed by atoms with Gasteiger partial charge in [0.15, 0.2) is 0 Å². The molecule has 0 spiro atoms. The molecule has 3 rings (SSSR count). The van der Waals surface area contributed by atoms with Crippen LogP contribution in [0, 0.1) is 24.7 Å². The molecular weight excluding hydrogens is 308 g/mol. The van der Waals surface area contributed by atoms with Crippen molar-refractivity contribution in [3.8, 4) is 11.8 Å². The van der Waals surface area contributed by atoms with Crippen molar-refractivity contribution in [2.75, 3.05) is 13.2 Å². The highest BCUT2D eigenvalue weighted by Crippen LogP contribution is 2.28. The molecule has 0 amide bonds. The zero-order chi connectivity index (χ0) is 17.6. The van der Waals surface area contributed by atoms with Crippen LogP contribution >= 0.6 is 0 Å². The van der Waals surface area contributed by atoms with E-state index in [1.54, 1.807) is 6.20 Å².